The lowest BCUT2D eigenvalue weighted by molar-refractivity contribution is -0.122. The minimum absolute atomic E-state index is 0.0943. The summed E-state index contributed by atoms with van der Waals surface area (Å²) in [5, 5.41) is 2.88. The van der Waals surface area contributed by atoms with Crippen molar-refractivity contribution in [2.45, 2.75) is 32.7 Å². The fraction of sp³-hybridized carbons (Fsp3) is 0.348. The zero-order chi connectivity index (χ0) is 19.7. The number of nitrogens with one attached hydrogen (secondary N) is 1. The molecular weight excluding hydrogens is 352 g/mol. The first-order chi connectivity index (χ1) is 13.5. The molecule has 28 heavy (non-hydrogen) atoms. The molecule has 1 aliphatic carbocycles. The molecule has 0 aromatic heterocycles. The van der Waals surface area contributed by atoms with Gasteiger partial charge in [-0.1, -0.05) is 37.3 Å². The Bertz CT molecular complexity index is 892. The lowest BCUT2D eigenvalue weighted by Crippen LogP contribution is -2.31. The second-order valence-corrected chi connectivity index (χ2v) is 7.86. The van der Waals surface area contributed by atoms with Crippen LogP contribution in [0.1, 0.15) is 42.1 Å². The van der Waals surface area contributed by atoms with Gasteiger partial charge in [-0.05, 0) is 55.0 Å². The van der Waals surface area contributed by atoms with E-state index in [2.05, 4.69) is 12.2 Å². The van der Waals surface area contributed by atoms with Crippen LogP contribution in [0, 0.1) is 17.8 Å². The number of amides is 3. The molecule has 2 aromatic rings. The van der Waals surface area contributed by atoms with Gasteiger partial charge in [0, 0.05) is 12.1 Å². The SMILES string of the molecule is C[C@@H]1CC[C@H]2C(=O)N(c3ccc(C(=O)NCc4ccccc4)cc3)C(=O)[C@H]2C1. The van der Waals surface area contributed by atoms with Gasteiger partial charge in [-0.25, -0.2) is 0 Å². The van der Waals surface area contributed by atoms with Crippen LogP contribution in [0.15, 0.2) is 54.6 Å². The molecule has 1 saturated heterocycles. The standard InChI is InChI=1S/C23H24N2O3/c1-15-7-12-19-20(13-15)23(28)25(22(19)27)18-10-8-17(9-11-18)21(26)24-14-16-5-3-2-4-6-16/h2-6,8-11,15,19-20H,7,12-14H2,1H3,(H,24,26)/t15-,19-,20+/m1/s1. The van der Waals surface area contributed by atoms with Crippen molar-refractivity contribution < 1.29 is 14.4 Å². The van der Waals surface area contributed by atoms with Crippen molar-refractivity contribution in [2.24, 2.45) is 17.8 Å². The van der Waals surface area contributed by atoms with Crippen LogP contribution in [0.25, 0.3) is 0 Å². The van der Waals surface area contributed by atoms with E-state index in [-0.39, 0.29) is 29.6 Å². The summed E-state index contributed by atoms with van der Waals surface area (Å²) in [6.07, 6.45) is 2.56. The van der Waals surface area contributed by atoms with E-state index >= 15 is 0 Å². The molecule has 1 N–H and O–H groups in total. The number of hydrogen-bond acceptors (Lipinski definition) is 3. The summed E-state index contributed by atoms with van der Waals surface area (Å²) in [5.74, 6) is -0.265. The number of imide groups is 1. The fourth-order valence-electron chi connectivity index (χ4n) is 4.29. The summed E-state index contributed by atoms with van der Waals surface area (Å²) in [7, 11) is 0. The molecule has 0 unspecified atom stereocenters. The minimum atomic E-state index is -0.190. The van der Waals surface area contributed by atoms with Gasteiger partial charge in [0.2, 0.25) is 11.8 Å². The molecule has 5 nitrogen and oxygen atoms in total. The molecule has 0 radical (unpaired) electrons. The van der Waals surface area contributed by atoms with Crippen LogP contribution in [0.2, 0.25) is 0 Å². The third-order valence-corrected chi connectivity index (χ3v) is 5.87. The van der Waals surface area contributed by atoms with E-state index in [1.54, 1.807) is 24.3 Å². The smallest absolute Gasteiger partial charge is 0.251 e. The van der Waals surface area contributed by atoms with Gasteiger partial charge in [0.15, 0.2) is 0 Å². The summed E-state index contributed by atoms with van der Waals surface area (Å²) >= 11 is 0. The van der Waals surface area contributed by atoms with Crippen LogP contribution < -0.4 is 10.2 Å². The number of carbonyl (C=O) groups excluding carboxylic acids is 3. The molecule has 2 aliphatic rings. The molecule has 0 bridgehead atoms. The Morgan fingerprint density at radius 3 is 2.36 bits per heavy atom. The van der Waals surface area contributed by atoms with Gasteiger partial charge in [-0.2, -0.15) is 0 Å². The van der Waals surface area contributed by atoms with Crippen molar-refractivity contribution in [3.8, 4) is 0 Å². The number of anilines is 1. The van der Waals surface area contributed by atoms with E-state index < -0.39 is 0 Å². The Morgan fingerprint density at radius 1 is 0.964 bits per heavy atom. The van der Waals surface area contributed by atoms with E-state index in [0.717, 1.165) is 24.8 Å². The first-order valence-corrected chi connectivity index (χ1v) is 9.84. The molecule has 5 heteroatoms. The fourth-order valence-corrected chi connectivity index (χ4v) is 4.29. The van der Waals surface area contributed by atoms with Crippen molar-refractivity contribution >= 4 is 23.4 Å². The molecule has 3 atom stereocenters. The molecule has 1 aliphatic heterocycles. The third-order valence-electron chi connectivity index (χ3n) is 5.87. The third kappa shape index (κ3) is 3.44. The predicted molar refractivity (Wildman–Crippen MR) is 107 cm³/mol. The number of benzene rings is 2. The highest BCUT2D eigenvalue weighted by molar-refractivity contribution is 6.22. The van der Waals surface area contributed by atoms with Crippen LogP contribution in [0.3, 0.4) is 0 Å². The molecular formula is C23H24N2O3. The second kappa shape index (κ2) is 7.58. The summed E-state index contributed by atoms with van der Waals surface area (Å²) in [4.78, 5) is 39.2. The van der Waals surface area contributed by atoms with E-state index in [1.807, 2.05) is 30.3 Å². The Labute approximate surface area is 164 Å². The van der Waals surface area contributed by atoms with E-state index in [1.165, 1.54) is 4.90 Å². The number of rotatable bonds is 4. The monoisotopic (exact) mass is 376 g/mol. The van der Waals surface area contributed by atoms with Gasteiger partial charge < -0.3 is 5.32 Å². The van der Waals surface area contributed by atoms with Crippen molar-refractivity contribution in [3.63, 3.8) is 0 Å². The highest BCUT2D eigenvalue weighted by atomic mass is 16.2. The highest BCUT2D eigenvalue weighted by Gasteiger charge is 2.49. The number of hydrogen-bond donors (Lipinski definition) is 1. The number of nitrogens with zero attached hydrogens (tertiary/aromatic N) is 1. The largest absolute Gasteiger partial charge is 0.348 e. The maximum absolute atomic E-state index is 12.8. The van der Waals surface area contributed by atoms with Gasteiger partial charge in [-0.3, -0.25) is 19.3 Å². The average Bonchev–Trinajstić information content (AvgIpc) is 2.97. The first kappa shape index (κ1) is 18.4. The Kier molecular flexibility index (Phi) is 4.99. The van der Waals surface area contributed by atoms with Crippen LogP contribution >= 0.6 is 0 Å². The quantitative estimate of drug-likeness (QED) is 0.830. The summed E-state index contributed by atoms with van der Waals surface area (Å²) in [6, 6.07) is 16.4. The van der Waals surface area contributed by atoms with Gasteiger partial charge in [0.05, 0.1) is 17.5 Å². The second-order valence-electron chi connectivity index (χ2n) is 7.86. The lowest BCUT2D eigenvalue weighted by Gasteiger charge is -2.25. The van der Waals surface area contributed by atoms with Crippen molar-refractivity contribution in [1.29, 1.82) is 0 Å². The average molecular weight is 376 g/mol. The molecule has 0 spiro atoms. The Hall–Kier alpha value is -2.95. The molecule has 144 valence electrons. The van der Waals surface area contributed by atoms with Crippen LogP contribution in [0.4, 0.5) is 5.69 Å². The number of fused-ring (bicyclic) bond motifs is 1. The van der Waals surface area contributed by atoms with E-state index in [0.29, 0.717) is 23.7 Å². The molecule has 1 saturated carbocycles. The molecule has 2 aromatic carbocycles. The Balaban J connectivity index is 1.45. The Morgan fingerprint density at radius 2 is 1.64 bits per heavy atom. The molecule has 1 heterocycles. The summed E-state index contributed by atoms with van der Waals surface area (Å²) < 4.78 is 0. The lowest BCUT2D eigenvalue weighted by atomic mass is 9.76. The normalized spacial score (nSPS) is 24.2. The zero-order valence-electron chi connectivity index (χ0n) is 15.9. The van der Waals surface area contributed by atoms with Crippen LogP contribution in [-0.2, 0) is 16.1 Å². The van der Waals surface area contributed by atoms with Crippen LogP contribution in [0.5, 0.6) is 0 Å². The predicted octanol–water partition coefficient (Wildman–Crippen LogP) is 3.54. The summed E-state index contributed by atoms with van der Waals surface area (Å²) in [5.41, 5.74) is 2.08. The van der Waals surface area contributed by atoms with Crippen molar-refractivity contribution in [2.75, 3.05) is 4.90 Å². The van der Waals surface area contributed by atoms with Crippen LogP contribution in [-0.4, -0.2) is 17.7 Å². The molecule has 4 rings (SSSR count). The number of carbonyl (C=O) groups is 3. The van der Waals surface area contributed by atoms with Gasteiger partial charge in [0.1, 0.15) is 0 Å². The summed E-state index contributed by atoms with van der Waals surface area (Å²) in [6.45, 7) is 2.59. The molecule has 2 fully saturated rings. The maximum Gasteiger partial charge on any atom is 0.251 e. The van der Waals surface area contributed by atoms with Crippen molar-refractivity contribution in [1.82, 2.24) is 5.32 Å². The van der Waals surface area contributed by atoms with Crippen molar-refractivity contribution in [3.05, 3.63) is 65.7 Å². The van der Waals surface area contributed by atoms with Gasteiger partial charge >= 0.3 is 0 Å². The minimum Gasteiger partial charge on any atom is -0.348 e. The molecule has 3 amide bonds. The van der Waals surface area contributed by atoms with Gasteiger partial charge in [-0.15, -0.1) is 0 Å². The van der Waals surface area contributed by atoms with E-state index in [4.69, 9.17) is 0 Å². The van der Waals surface area contributed by atoms with E-state index in [9.17, 15) is 14.4 Å². The van der Waals surface area contributed by atoms with Gasteiger partial charge in [0.25, 0.3) is 5.91 Å². The first-order valence-electron chi connectivity index (χ1n) is 9.84. The topological polar surface area (TPSA) is 66.5 Å². The zero-order valence-corrected chi connectivity index (χ0v) is 15.9. The maximum atomic E-state index is 12.8. The highest BCUT2D eigenvalue weighted by Crippen LogP contribution is 2.42.